The predicted octanol–water partition coefficient (Wildman–Crippen LogP) is 2.59. The molecule has 1 heterocycles. The second-order valence-electron chi connectivity index (χ2n) is 5.31. The van der Waals surface area contributed by atoms with E-state index in [2.05, 4.69) is 4.98 Å². The van der Waals surface area contributed by atoms with Crippen molar-refractivity contribution in [2.75, 3.05) is 11.4 Å². The van der Waals surface area contributed by atoms with Crippen molar-refractivity contribution in [3.8, 4) is 0 Å². The maximum absolute atomic E-state index is 13.2. The zero-order valence-corrected chi connectivity index (χ0v) is 13.1. The van der Waals surface area contributed by atoms with Gasteiger partial charge in [0.1, 0.15) is 12.4 Å². The molecule has 5 nitrogen and oxygen atoms in total. The van der Waals surface area contributed by atoms with Gasteiger partial charge in [-0.1, -0.05) is 18.2 Å². The Labute approximate surface area is 138 Å². The molecule has 24 heavy (non-hydrogen) atoms. The fourth-order valence-corrected chi connectivity index (χ4v) is 2.59. The van der Waals surface area contributed by atoms with E-state index in [1.54, 1.807) is 4.90 Å². The molecule has 0 aliphatic heterocycles. The Kier molecular flexibility index (Phi) is 4.37. The van der Waals surface area contributed by atoms with Crippen LogP contribution >= 0.6 is 0 Å². The molecule has 1 amide bonds. The highest BCUT2D eigenvalue weighted by Gasteiger charge is 2.15. The van der Waals surface area contributed by atoms with E-state index >= 15 is 0 Å². The molecule has 0 unspecified atom stereocenters. The summed E-state index contributed by atoms with van der Waals surface area (Å²) >= 11 is 0. The number of carbonyl (C=O) groups is 1. The highest BCUT2D eigenvalue weighted by atomic mass is 19.1. The Morgan fingerprint density at radius 1 is 1.21 bits per heavy atom. The Morgan fingerprint density at radius 2 is 1.96 bits per heavy atom. The number of para-hydroxylation sites is 1. The molecule has 0 saturated carbocycles. The van der Waals surface area contributed by atoms with Gasteiger partial charge in [0.2, 0.25) is 5.91 Å². The van der Waals surface area contributed by atoms with Gasteiger partial charge in [-0.15, -0.1) is 0 Å². The standard InChI is InChI=1S/C18H16FN3O2/c1-2-22(14-6-4-3-5-7-14)17(23)11-21-12-20-16-10-13(19)8-9-15(16)18(21)24/h3-10,12H,2,11H2,1H3. The molecule has 6 heteroatoms. The first kappa shape index (κ1) is 15.9. The van der Waals surface area contributed by atoms with Crippen molar-refractivity contribution in [1.82, 2.24) is 9.55 Å². The lowest BCUT2D eigenvalue weighted by atomic mass is 10.2. The fraction of sp³-hybridized carbons (Fsp3) is 0.167. The SMILES string of the molecule is CCN(C(=O)Cn1cnc2cc(F)ccc2c1=O)c1ccccc1. The first-order chi connectivity index (χ1) is 11.6. The van der Waals surface area contributed by atoms with Crippen LogP contribution in [0.25, 0.3) is 10.9 Å². The largest absolute Gasteiger partial charge is 0.311 e. The average molecular weight is 325 g/mol. The molecular formula is C18H16FN3O2. The van der Waals surface area contributed by atoms with Crippen molar-refractivity contribution < 1.29 is 9.18 Å². The van der Waals surface area contributed by atoms with Crippen molar-refractivity contribution >= 4 is 22.5 Å². The van der Waals surface area contributed by atoms with Gasteiger partial charge in [-0.3, -0.25) is 14.2 Å². The number of hydrogen-bond acceptors (Lipinski definition) is 3. The van der Waals surface area contributed by atoms with Gasteiger partial charge < -0.3 is 4.90 Å². The molecule has 0 saturated heterocycles. The summed E-state index contributed by atoms with van der Waals surface area (Å²) in [5, 5.41) is 0.287. The van der Waals surface area contributed by atoms with E-state index in [1.165, 1.54) is 29.1 Å². The first-order valence-electron chi connectivity index (χ1n) is 7.60. The quantitative estimate of drug-likeness (QED) is 0.741. The molecule has 0 radical (unpaired) electrons. The summed E-state index contributed by atoms with van der Waals surface area (Å²) in [5.41, 5.74) is 0.686. The van der Waals surface area contributed by atoms with E-state index in [-0.39, 0.29) is 28.9 Å². The normalized spacial score (nSPS) is 10.8. The van der Waals surface area contributed by atoms with E-state index in [0.717, 1.165) is 5.69 Å². The molecule has 0 aliphatic carbocycles. The summed E-state index contributed by atoms with van der Waals surface area (Å²) in [4.78, 5) is 30.7. The number of rotatable bonds is 4. The van der Waals surface area contributed by atoms with Crippen molar-refractivity contribution in [2.24, 2.45) is 0 Å². The topological polar surface area (TPSA) is 55.2 Å². The fourth-order valence-electron chi connectivity index (χ4n) is 2.59. The van der Waals surface area contributed by atoms with Crippen LogP contribution in [0.4, 0.5) is 10.1 Å². The van der Waals surface area contributed by atoms with Crippen LogP contribution < -0.4 is 10.5 Å². The minimum atomic E-state index is -0.454. The Morgan fingerprint density at radius 3 is 2.67 bits per heavy atom. The van der Waals surface area contributed by atoms with Crippen LogP contribution in [0.5, 0.6) is 0 Å². The van der Waals surface area contributed by atoms with E-state index in [1.807, 2.05) is 37.3 Å². The summed E-state index contributed by atoms with van der Waals surface area (Å²) < 4.78 is 14.5. The number of amides is 1. The molecule has 0 bridgehead atoms. The highest BCUT2D eigenvalue weighted by Crippen LogP contribution is 2.14. The molecule has 1 aromatic heterocycles. The van der Waals surface area contributed by atoms with Crippen LogP contribution in [0.2, 0.25) is 0 Å². The maximum Gasteiger partial charge on any atom is 0.261 e. The molecule has 0 fully saturated rings. The smallest absolute Gasteiger partial charge is 0.261 e. The van der Waals surface area contributed by atoms with Crippen molar-refractivity contribution in [2.45, 2.75) is 13.5 Å². The molecule has 0 atom stereocenters. The van der Waals surface area contributed by atoms with Crippen LogP contribution in [-0.2, 0) is 11.3 Å². The third-order valence-electron chi connectivity index (χ3n) is 3.78. The summed E-state index contributed by atoms with van der Waals surface area (Å²) in [7, 11) is 0. The number of halogens is 1. The Bertz CT molecular complexity index is 938. The molecule has 0 aliphatic rings. The summed E-state index contributed by atoms with van der Waals surface area (Å²) in [5.74, 6) is -0.668. The number of fused-ring (bicyclic) bond motifs is 1. The average Bonchev–Trinajstić information content (AvgIpc) is 2.59. The van der Waals surface area contributed by atoms with Gasteiger partial charge >= 0.3 is 0 Å². The first-order valence-corrected chi connectivity index (χ1v) is 7.60. The van der Waals surface area contributed by atoms with Gasteiger partial charge in [0.15, 0.2) is 0 Å². The molecular weight excluding hydrogens is 309 g/mol. The lowest BCUT2D eigenvalue weighted by Gasteiger charge is -2.21. The van der Waals surface area contributed by atoms with Gasteiger partial charge in [-0.2, -0.15) is 0 Å². The minimum Gasteiger partial charge on any atom is -0.311 e. The zero-order chi connectivity index (χ0) is 17.1. The van der Waals surface area contributed by atoms with E-state index in [4.69, 9.17) is 0 Å². The van der Waals surface area contributed by atoms with Crippen molar-refractivity contribution in [3.63, 3.8) is 0 Å². The van der Waals surface area contributed by atoms with E-state index < -0.39 is 5.82 Å². The van der Waals surface area contributed by atoms with Gasteiger partial charge in [-0.05, 0) is 31.2 Å². The minimum absolute atomic E-state index is 0.123. The predicted molar refractivity (Wildman–Crippen MR) is 90.4 cm³/mol. The Hall–Kier alpha value is -3.02. The zero-order valence-electron chi connectivity index (χ0n) is 13.1. The summed E-state index contributed by atoms with van der Waals surface area (Å²) in [6.45, 7) is 2.24. The monoisotopic (exact) mass is 325 g/mol. The summed E-state index contributed by atoms with van der Waals surface area (Å²) in [6.07, 6.45) is 1.28. The van der Waals surface area contributed by atoms with E-state index in [9.17, 15) is 14.0 Å². The van der Waals surface area contributed by atoms with Crippen LogP contribution in [0.3, 0.4) is 0 Å². The number of benzene rings is 2. The third kappa shape index (κ3) is 3.03. The molecule has 0 spiro atoms. The number of carbonyl (C=O) groups excluding carboxylic acids is 1. The maximum atomic E-state index is 13.2. The number of anilines is 1. The Balaban J connectivity index is 1.91. The van der Waals surface area contributed by atoms with Crippen molar-refractivity contribution in [1.29, 1.82) is 0 Å². The lowest BCUT2D eigenvalue weighted by molar-refractivity contribution is -0.119. The highest BCUT2D eigenvalue weighted by molar-refractivity contribution is 5.93. The summed E-state index contributed by atoms with van der Waals surface area (Å²) in [6, 6.07) is 13.0. The number of hydrogen-bond donors (Lipinski definition) is 0. The van der Waals surface area contributed by atoms with Gasteiger partial charge in [0.25, 0.3) is 5.56 Å². The third-order valence-corrected chi connectivity index (χ3v) is 3.78. The second-order valence-corrected chi connectivity index (χ2v) is 5.31. The van der Waals surface area contributed by atoms with Gasteiger partial charge in [-0.25, -0.2) is 9.37 Å². The number of aromatic nitrogens is 2. The van der Waals surface area contributed by atoms with Crippen molar-refractivity contribution in [3.05, 3.63) is 71.0 Å². The lowest BCUT2D eigenvalue weighted by Crippen LogP contribution is -2.36. The number of likely N-dealkylation sites (N-methyl/N-ethyl adjacent to an activating group) is 1. The van der Waals surface area contributed by atoms with Gasteiger partial charge in [0.05, 0.1) is 17.2 Å². The molecule has 0 N–H and O–H groups in total. The second kappa shape index (κ2) is 6.62. The van der Waals surface area contributed by atoms with Crippen LogP contribution in [0.15, 0.2) is 59.7 Å². The molecule has 3 rings (SSSR count). The van der Waals surface area contributed by atoms with Gasteiger partial charge in [0, 0.05) is 18.3 Å². The molecule has 2 aromatic carbocycles. The van der Waals surface area contributed by atoms with Crippen LogP contribution in [-0.4, -0.2) is 22.0 Å². The van der Waals surface area contributed by atoms with Crippen LogP contribution in [0.1, 0.15) is 6.92 Å². The molecule has 3 aromatic rings. The van der Waals surface area contributed by atoms with E-state index in [0.29, 0.717) is 6.54 Å². The van der Waals surface area contributed by atoms with Crippen LogP contribution in [0, 0.1) is 5.82 Å². The number of nitrogens with zero attached hydrogens (tertiary/aromatic N) is 3. The molecule has 122 valence electrons.